The normalized spacial score (nSPS) is 11.7. The SMILES string of the molecule is CNC(=O)[C@H](Cc1ccccc1)N(Cc1ccc(Cl)cc1Cl)C(=O)Cc1ccc(C)c(C)c1. The monoisotopic (exact) mass is 482 g/mol. The molecule has 3 rings (SSSR count). The summed E-state index contributed by atoms with van der Waals surface area (Å²) in [5, 5.41) is 3.70. The van der Waals surface area contributed by atoms with E-state index in [1.165, 1.54) is 5.56 Å². The van der Waals surface area contributed by atoms with E-state index in [-0.39, 0.29) is 24.8 Å². The molecule has 1 atom stereocenters. The summed E-state index contributed by atoms with van der Waals surface area (Å²) in [5.74, 6) is -0.369. The van der Waals surface area contributed by atoms with Crippen molar-refractivity contribution in [3.05, 3.63) is 105 Å². The van der Waals surface area contributed by atoms with E-state index in [2.05, 4.69) is 5.32 Å². The second kappa shape index (κ2) is 11.4. The number of likely N-dealkylation sites (N-methyl/N-ethyl adjacent to an activating group) is 1. The Morgan fingerprint density at radius 3 is 2.27 bits per heavy atom. The van der Waals surface area contributed by atoms with Crippen molar-refractivity contribution in [1.82, 2.24) is 10.2 Å². The van der Waals surface area contributed by atoms with Crippen molar-refractivity contribution in [3.8, 4) is 0 Å². The van der Waals surface area contributed by atoms with Gasteiger partial charge in [-0.15, -0.1) is 0 Å². The van der Waals surface area contributed by atoms with Gasteiger partial charge in [0, 0.05) is 30.1 Å². The minimum atomic E-state index is -0.691. The molecule has 3 aromatic carbocycles. The molecule has 0 bridgehead atoms. The van der Waals surface area contributed by atoms with Crippen LogP contribution in [0.4, 0.5) is 0 Å². The zero-order chi connectivity index (χ0) is 24.0. The van der Waals surface area contributed by atoms with Gasteiger partial charge in [-0.25, -0.2) is 0 Å². The van der Waals surface area contributed by atoms with Gasteiger partial charge in [0.05, 0.1) is 6.42 Å². The minimum Gasteiger partial charge on any atom is -0.357 e. The highest BCUT2D eigenvalue weighted by atomic mass is 35.5. The maximum absolute atomic E-state index is 13.6. The number of amides is 2. The zero-order valence-electron chi connectivity index (χ0n) is 19.1. The minimum absolute atomic E-state index is 0.145. The van der Waals surface area contributed by atoms with Crippen molar-refractivity contribution in [2.75, 3.05) is 7.05 Å². The molecule has 0 fully saturated rings. The number of halogens is 2. The third-order valence-electron chi connectivity index (χ3n) is 5.80. The van der Waals surface area contributed by atoms with Crippen LogP contribution in [0.5, 0.6) is 0 Å². The molecule has 0 spiro atoms. The molecule has 6 heteroatoms. The molecule has 0 unspecified atom stereocenters. The van der Waals surface area contributed by atoms with Crippen molar-refractivity contribution in [2.45, 2.75) is 39.3 Å². The Morgan fingerprint density at radius 2 is 1.64 bits per heavy atom. The number of carbonyl (C=O) groups excluding carboxylic acids is 2. The highest BCUT2D eigenvalue weighted by Gasteiger charge is 2.30. The first-order chi connectivity index (χ1) is 15.8. The molecule has 0 aromatic heterocycles. The van der Waals surface area contributed by atoms with Gasteiger partial charge in [0.25, 0.3) is 0 Å². The molecule has 33 heavy (non-hydrogen) atoms. The number of nitrogens with one attached hydrogen (secondary N) is 1. The summed E-state index contributed by atoms with van der Waals surface area (Å²) in [7, 11) is 1.58. The summed E-state index contributed by atoms with van der Waals surface area (Å²) < 4.78 is 0. The van der Waals surface area contributed by atoms with Gasteiger partial charge in [0.2, 0.25) is 11.8 Å². The number of aryl methyl sites for hydroxylation is 2. The lowest BCUT2D eigenvalue weighted by atomic mass is 10.0. The Kier molecular flexibility index (Phi) is 8.54. The van der Waals surface area contributed by atoms with Crippen LogP contribution >= 0.6 is 23.2 Å². The number of hydrogen-bond donors (Lipinski definition) is 1. The first kappa shape index (κ1) is 24.8. The number of rotatable bonds is 8. The molecule has 172 valence electrons. The van der Waals surface area contributed by atoms with Crippen molar-refractivity contribution < 1.29 is 9.59 Å². The fraction of sp³-hybridized carbons (Fsp3) is 0.259. The van der Waals surface area contributed by atoms with Crippen LogP contribution in [0.1, 0.15) is 27.8 Å². The maximum Gasteiger partial charge on any atom is 0.242 e. The molecule has 0 saturated carbocycles. The zero-order valence-corrected chi connectivity index (χ0v) is 20.6. The largest absolute Gasteiger partial charge is 0.357 e. The van der Waals surface area contributed by atoms with Gasteiger partial charge in [0.1, 0.15) is 6.04 Å². The van der Waals surface area contributed by atoms with Gasteiger partial charge in [-0.3, -0.25) is 9.59 Å². The van der Waals surface area contributed by atoms with E-state index in [1.54, 1.807) is 30.1 Å². The summed E-state index contributed by atoms with van der Waals surface area (Å²) in [6.45, 7) is 4.26. The lowest BCUT2D eigenvalue weighted by molar-refractivity contribution is -0.140. The molecule has 0 heterocycles. The first-order valence-electron chi connectivity index (χ1n) is 10.8. The predicted octanol–water partition coefficient (Wildman–Crippen LogP) is 5.54. The van der Waals surface area contributed by atoms with E-state index in [1.807, 2.05) is 62.4 Å². The molecule has 0 radical (unpaired) electrons. The van der Waals surface area contributed by atoms with Gasteiger partial charge in [-0.2, -0.15) is 0 Å². The van der Waals surface area contributed by atoms with E-state index in [0.29, 0.717) is 16.5 Å². The highest BCUT2D eigenvalue weighted by Crippen LogP contribution is 2.24. The Morgan fingerprint density at radius 1 is 0.909 bits per heavy atom. The van der Waals surface area contributed by atoms with Gasteiger partial charge >= 0.3 is 0 Å². The van der Waals surface area contributed by atoms with Crippen LogP contribution in [0, 0.1) is 13.8 Å². The lowest BCUT2D eigenvalue weighted by Crippen LogP contribution is -2.50. The van der Waals surface area contributed by atoms with Crippen LogP contribution in [0.25, 0.3) is 0 Å². The maximum atomic E-state index is 13.6. The van der Waals surface area contributed by atoms with Crippen LogP contribution in [-0.2, 0) is 29.0 Å². The number of hydrogen-bond acceptors (Lipinski definition) is 2. The lowest BCUT2D eigenvalue weighted by Gasteiger charge is -2.31. The fourth-order valence-electron chi connectivity index (χ4n) is 3.74. The molecule has 0 aliphatic carbocycles. The van der Waals surface area contributed by atoms with Crippen LogP contribution in [0.15, 0.2) is 66.7 Å². The van der Waals surface area contributed by atoms with Gasteiger partial charge in [-0.1, -0.05) is 77.8 Å². The summed E-state index contributed by atoms with van der Waals surface area (Å²) >= 11 is 12.5. The summed E-state index contributed by atoms with van der Waals surface area (Å²) in [6.07, 6.45) is 0.582. The fourth-order valence-corrected chi connectivity index (χ4v) is 4.21. The number of carbonyl (C=O) groups is 2. The average molecular weight is 483 g/mol. The average Bonchev–Trinajstić information content (AvgIpc) is 2.80. The van der Waals surface area contributed by atoms with Gasteiger partial charge in [-0.05, 0) is 53.8 Å². The molecule has 4 nitrogen and oxygen atoms in total. The van der Waals surface area contributed by atoms with Gasteiger partial charge < -0.3 is 10.2 Å². The van der Waals surface area contributed by atoms with Crippen molar-refractivity contribution >= 4 is 35.0 Å². The molecule has 0 saturated heterocycles. The first-order valence-corrected chi connectivity index (χ1v) is 11.6. The third-order valence-corrected chi connectivity index (χ3v) is 6.39. The van der Waals surface area contributed by atoms with Crippen LogP contribution in [-0.4, -0.2) is 29.8 Å². The van der Waals surface area contributed by atoms with Gasteiger partial charge in [0.15, 0.2) is 0 Å². The van der Waals surface area contributed by atoms with Crippen LogP contribution in [0.3, 0.4) is 0 Å². The molecule has 1 N–H and O–H groups in total. The summed E-state index contributed by atoms with van der Waals surface area (Å²) in [4.78, 5) is 28.2. The summed E-state index contributed by atoms with van der Waals surface area (Å²) in [5.41, 5.74) is 4.91. The molecule has 0 aliphatic rings. The highest BCUT2D eigenvalue weighted by molar-refractivity contribution is 6.35. The van der Waals surface area contributed by atoms with E-state index in [4.69, 9.17) is 23.2 Å². The smallest absolute Gasteiger partial charge is 0.242 e. The van der Waals surface area contributed by atoms with Crippen LogP contribution < -0.4 is 5.32 Å². The predicted molar refractivity (Wildman–Crippen MR) is 135 cm³/mol. The number of benzene rings is 3. The van der Waals surface area contributed by atoms with E-state index >= 15 is 0 Å². The Hall–Kier alpha value is -2.82. The standard InChI is InChI=1S/C27H28Cl2N2O2/c1-18-9-10-21(13-19(18)2)15-26(32)31(17-22-11-12-23(28)16-24(22)29)25(27(33)30-3)14-20-7-5-4-6-8-20/h4-13,16,25H,14-15,17H2,1-3H3,(H,30,33)/t25-/m0/s1. The second-order valence-corrected chi connectivity index (χ2v) is 9.02. The van der Waals surface area contributed by atoms with Crippen molar-refractivity contribution in [1.29, 1.82) is 0 Å². The Balaban J connectivity index is 1.97. The Bertz CT molecular complexity index is 1130. The quantitative estimate of drug-likeness (QED) is 0.458. The van der Waals surface area contributed by atoms with E-state index in [9.17, 15) is 9.59 Å². The van der Waals surface area contributed by atoms with Crippen molar-refractivity contribution in [3.63, 3.8) is 0 Å². The molecular weight excluding hydrogens is 455 g/mol. The van der Waals surface area contributed by atoms with E-state index < -0.39 is 6.04 Å². The molecular formula is C27H28Cl2N2O2. The number of nitrogens with zero attached hydrogens (tertiary/aromatic N) is 1. The summed E-state index contributed by atoms with van der Waals surface area (Å²) in [6, 6.07) is 20.2. The molecule has 2 amide bonds. The second-order valence-electron chi connectivity index (χ2n) is 8.17. The van der Waals surface area contributed by atoms with Crippen LogP contribution in [0.2, 0.25) is 10.0 Å². The Labute approximate surface area is 205 Å². The third kappa shape index (κ3) is 6.59. The van der Waals surface area contributed by atoms with Crippen molar-refractivity contribution in [2.24, 2.45) is 0 Å². The molecule has 0 aliphatic heterocycles. The molecule has 3 aromatic rings. The van der Waals surface area contributed by atoms with E-state index in [0.717, 1.165) is 22.3 Å². The topological polar surface area (TPSA) is 49.4 Å².